The fourth-order valence-corrected chi connectivity index (χ4v) is 3.23. The van der Waals surface area contributed by atoms with Crippen LogP contribution in [0, 0.1) is 11.3 Å². The van der Waals surface area contributed by atoms with E-state index in [9.17, 15) is 4.79 Å². The fourth-order valence-electron chi connectivity index (χ4n) is 2.54. The number of aromatic nitrogens is 2. The van der Waals surface area contributed by atoms with Crippen molar-refractivity contribution in [3.05, 3.63) is 34.6 Å². The van der Waals surface area contributed by atoms with Crippen LogP contribution in [0.5, 0.6) is 0 Å². The molecule has 0 amide bonds. The van der Waals surface area contributed by atoms with Crippen molar-refractivity contribution >= 4 is 22.7 Å². The highest BCUT2D eigenvalue weighted by Gasteiger charge is 2.11. The maximum Gasteiger partial charge on any atom is 0.262 e. The predicted molar refractivity (Wildman–Crippen MR) is 94.7 cm³/mol. The molecule has 23 heavy (non-hydrogen) atoms. The van der Waals surface area contributed by atoms with Gasteiger partial charge in [-0.1, -0.05) is 37.7 Å². The fraction of sp³-hybridized carbons (Fsp3) is 0.471. The van der Waals surface area contributed by atoms with Crippen molar-refractivity contribution < 1.29 is 0 Å². The Labute approximate surface area is 140 Å². The highest BCUT2D eigenvalue weighted by Crippen LogP contribution is 2.17. The number of benzene rings is 1. The molecule has 0 aliphatic heterocycles. The summed E-state index contributed by atoms with van der Waals surface area (Å²) in [6.45, 7) is 7.88. The van der Waals surface area contributed by atoms with Crippen LogP contribution in [-0.4, -0.2) is 39.8 Å². The summed E-state index contributed by atoms with van der Waals surface area (Å²) in [7, 11) is 0. The minimum Gasteiger partial charge on any atom is -0.304 e. The highest BCUT2D eigenvalue weighted by molar-refractivity contribution is 7.99. The lowest BCUT2D eigenvalue weighted by Crippen LogP contribution is -2.28. The second-order valence-electron chi connectivity index (χ2n) is 5.20. The van der Waals surface area contributed by atoms with Crippen LogP contribution in [0.15, 0.2) is 34.2 Å². The molecule has 0 saturated carbocycles. The van der Waals surface area contributed by atoms with Crippen LogP contribution in [0.4, 0.5) is 0 Å². The van der Waals surface area contributed by atoms with E-state index in [1.165, 1.54) is 11.8 Å². The van der Waals surface area contributed by atoms with Gasteiger partial charge in [0.25, 0.3) is 5.56 Å². The van der Waals surface area contributed by atoms with Gasteiger partial charge >= 0.3 is 0 Å². The maximum absolute atomic E-state index is 12.7. The molecule has 1 aromatic heterocycles. The zero-order valence-electron chi connectivity index (χ0n) is 13.7. The molecule has 5 nitrogen and oxygen atoms in total. The number of nitriles is 1. The van der Waals surface area contributed by atoms with Gasteiger partial charge in [-0.25, -0.2) is 4.98 Å². The summed E-state index contributed by atoms with van der Waals surface area (Å²) >= 11 is 1.32. The van der Waals surface area contributed by atoms with Crippen molar-refractivity contribution in [1.29, 1.82) is 5.26 Å². The van der Waals surface area contributed by atoms with E-state index in [1.54, 1.807) is 4.57 Å². The first-order valence-corrected chi connectivity index (χ1v) is 8.91. The average Bonchev–Trinajstić information content (AvgIpc) is 2.59. The van der Waals surface area contributed by atoms with Crippen LogP contribution in [0.3, 0.4) is 0 Å². The average molecular weight is 330 g/mol. The first-order valence-electron chi connectivity index (χ1n) is 7.92. The third-order valence-electron chi connectivity index (χ3n) is 3.84. The molecule has 0 saturated heterocycles. The van der Waals surface area contributed by atoms with Crippen molar-refractivity contribution in [2.24, 2.45) is 0 Å². The Hall–Kier alpha value is -1.84. The summed E-state index contributed by atoms with van der Waals surface area (Å²) in [6, 6.07) is 9.48. The molecule has 0 aliphatic carbocycles. The molecule has 0 spiro atoms. The Balaban J connectivity index is 2.29. The Bertz CT molecular complexity index is 746. The molecule has 1 aromatic carbocycles. The number of nitrogens with zero attached hydrogens (tertiary/aromatic N) is 4. The molecule has 6 heteroatoms. The third-order valence-corrected chi connectivity index (χ3v) is 4.69. The molecule has 1 heterocycles. The minimum absolute atomic E-state index is 0.0180. The molecule has 122 valence electrons. The first-order chi connectivity index (χ1) is 11.2. The van der Waals surface area contributed by atoms with Crippen molar-refractivity contribution in [3.63, 3.8) is 0 Å². The quantitative estimate of drug-likeness (QED) is 0.550. The molecular formula is C17H22N4OS. The van der Waals surface area contributed by atoms with Gasteiger partial charge in [0.05, 0.1) is 22.7 Å². The molecular weight excluding hydrogens is 308 g/mol. The summed E-state index contributed by atoms with van der Waals surface area (Å²) in [5.74, 6) is 0.292. The largest absolute Gasteiger partial charge is 0.304 e. The van der Waals surface area contributed by atoms with Crippen LogP contribution in [0.2, 0.25) is 0 Å². The lowest BCUT2D eigenvalue weighted by atomic mass is 10.2. The van der Waals surface area contributed by atoms with E-state index in [4.69, 9.17) is 5.26 Å². The summed E-state index contributed by atoms with van der Waals surface area (Å²) < 4.78 is 1.72. The lowest BCUT2D eigenvalue weighted by molar-refractivity contribution is 0.290. The van der Waals surface area contributed by atoms with Gasteiger partial charge in [-0.2, -0.15) is 5.26 Å². The summed E-state index contributed by atoms with van der Waals surface area (Å²) in [5, 5.41) is 10.1. The van der Waals surface area contributed by atoms with E-state index in [2.05, 4.69) is 29.8 Å². The van der Waals surface area contributed by atoms with Crippen molar-refractivity contribution in [2.45, 2.75) is 32.0 Å². The van der Waals surface area contributed by atoms with Crippen LogP contribution in [-0.2, 0) is 6.54 Å². The SMILES string of the molecule is CCN(CC)CCCn1c(SCC#N)nc2ccccc2c1=O. The van der Waals surface area contributed by atoms with E-state index >= 15 is 0 Å². The van der Waals surface area contributed by atoms with E-state index < -0.39 is 0 Å². The number of fused-ring (bicyclic) bond motifs is 1. The number of rotatable bonds is 8. The number of thioether (sulfide) groups is 1. The second-order valence-corrected chi connectivity index (χ2v) is 6.14. The number of para-hydroxylation sites is 1. The molecule has 2 rings (SSSR count). The van der Waals surface area contributed by atoms with Crippen molar-refractivity contribution in [2.75, 3.05) is 25.4 Å². The van der Waals surface area contributed by atoms with Crippen LogP contribution >= 0.6 is 11.8 Å². The Morgan fingerprint density at radius 2 is 2.04 bits per heavy atom. The van der Waals surface area contributed by atoms with Gasteiger partial charge in [0.2, 0.25) is 0 Å². The molecule has 2 aromatic rings. The topological polar surface area (TPSA) is 61.9 Å². The molecule has 0 unspecified atom stereocenters. The number of hydrogen-bond donors (Lipinski definition) is 0. The summed E-state index contributed by atoms with van der Waals surface area (Å²) in [4.78, 5) is 19.6. The predicted octanol–water partition coefficient (Wildman–Crippen LogP) is 2.74. The van der Waals surface area contributed by atoms with E-state index in [-0.39, 0.29) is 5.56 Å². The van der Waals surface area contributed by atoms with Crippen LogP contribution < -0.4 is 5.56 Å². The smallest absolute Gasteiger partial charge is 0.262 e. The molecule has 0 bridgehead atoms. The summed E-state index contributed by atoms with van der Waals surface area (Å²) in [5.41, 5.74) is 0.675. The molecule has 0 N–H and O–H groups in total. The lowest BCUT2D eigenvalue weighted by Gasteiger charge is -2.18. The van der Waals surface area contributed by atoms with Crippen molar-refractivity contribution in [1.82, 2.24) is 14.5 Å². The van der Waals surface area contributed by atoms with E-state index in [0.717, 1.165) is 26.1 Å². The Kier molecular flexibility index (Phi) is 6.63. The Morgan fingerprint density at radius 1 is 1.30 bits per heavy atom. The van der Waals surface area contributed by atoms with Gasteiger partial charge in [0.1, 0.15) is 0 Å². The number of hydrogen-bond acceptors (Lipinski definition) is 5. The molecule has 0 aliphatic rings. The van der Waals surface area contributed by atoms with Gasteiger partial charge < -0.3 is 4.90 Å². The highest BCUT2D eigenvalue weighted by atomic mass is 32.2. The first kappa shape index (κ1) is 17.5. The second kappa shape index (κ2) is 8.70. The zero-order chi connectivity index (χ0) is 16.7. The van der Waals surface area contributed by atoms with Crippen molar-refractivity contribution in [3.8, 4) is 6.07 Å². The summed E-state index contributed by atoms with van der Waals surface area (Å²) in [6.07, 6.45) is 0.891. The zero-order valence-corrected chi connectivity index (χ0v) is 14.5. The van der Waals surface area contributed by atoms with Gasteiger partial charge in [-0.3, -0.25) is 9.36 Å². The van der Waals surface area contributed by atoms with Crippen LogP contribution in [0.1, 0.15) is 20.3 Å². The van der Waals surface area contributed by atoms with Gasteiger partial charge in [0, 0.05) is 6.54 Å². The van der Waals surface area contributed by atoms with Gasteiger partial charge in [-0.15, -0.1) is 0 Å². The van der Waals surface area contributed by atoms with Gasteiger partial charge in [-0.05, 0) is 38.2 Å². The Morgan fingerprint density at radius 3 is 2.74 bits per heavy atom. The molecule has 0 radical (unpaired) electrons. The maximum atomic E-state index is 12.7. The third kappa shape index (κ3) is 4.34. The van der Waals surface area contributed by atoms with E-state index in [0.29, 0.717) is 28.4 Å². The standard InChI is InChI=1S/C17H22N4OS/c1-3-20(4-2)11-7-12-21-16(22)14-8-5-6-9-15(14)19-17(21)23-13-10-18/h5-6,8-9H,3-4,7,11-13H2,1-2H3. The molecule has 0 atom stereocenters. The van der Waals surface area contributed by atoms with Gasteiger partial charge in [0.15, 0.2) is 5.16 Å². The monoisotopic (exact) mass is 330 g/mol. The normalized spacial score (nSPS) is 11.0. The van der Waals surface area contributed by atoms with Crippen LogP contribution in [0.25, 0.3) is 10.9 Å². The minimum atomic E-state index is -0.0180. The van der Waals surface area contributed by atoms with E-state index in [1.807, 2.05) is 24.3 Å². The molecule has 0 fully saturated rings.